The van der Waals surface area contributed by atoms with Crippen molar-refractivity contribution in [2.75, 3.05) is 5.32 Å². The molecule has 0 atom stereocenters. The van der Waals surface area contributed by atoms with E-state index in [1.807, 2.05) is 19.1 Å². The second-order valence-corrected chi connectivity index (χ2v) is 8.21. The third-order valence-corrected chi connectivity index (χ3v) is 5.78. The first-order valence-corrected chi connectivity index (χ1v) is 10.0. The normalized spacial score (nSPS) is 11.0. The lowest BCUT2D eigenvalue weighted by atomic mass is 10.2. The Hall–Kier alpha value is -2.97. The van der Waals surface area contributed by atoms with E-state index in [4.69, 9.17) is 11.6 Å². The van der Waals surface area contributed by atoms with Crippen LogP contribution in [0.15, 0.2) is 42.5 Å². The van der Waals surface area contributed by atoms with Gasteiger partial charge in [0.2, 0.25) is 0 Å². The van der Waals surface area contributed by atoms with Gasteiger partial charge in [-0.05, 0) is 43.7 Å². The number of amides is 1. The van der Waals surface area contributed by atoms with Crippen LogP contribution < -0.4 is 5.32 Å². The minimum atomic E-state index is -0.390. The average molecular weight is 430 g/mol. The van der Waals surface area contributed by atoms with Crippen molar-refractivity contribution in [1.82, 2.24) is 20.0 Å². The Balaban J connectivity index is 1.52. The number of halogens is 2. The molecule has 4 aromatic rings. The summed E-state index contributed by atoms with van der Waals surface area (Å²) < 4.78 is 14.6. The zero-order valence-corrected chi connectivity index (χ0v) is 17.2. The highest BCUT2D eigenvalue weighted by Crippen LogP contribution is 2.28. The molecular weight excluding hydrogens is 413 g/mol. The first-order chi connectivity index (χ1) is 13.9. The summed E-state index contributed by atoms with van der Waals surface area (Å²) >= 11 is 8.05. The zero-order chi connectivity index (χ0) is 20.5. The summed E-state index contributed by atoms with van der Waals surface area (Å²) in [5.41, 5.74) is 2.43. The molecule has 148 valence electrons. The molecule has 0 spiro atoms. The number of aromatic amines is 1. The van der Waals surface area contributed by atoms with Crippen LogP contribution in [0.4, 0.5) is 10.2 Å². The maximum atomic E-state index is 13.1. The molecule has 1 aromatic carbocycles. The van der Waals surface area contributed by atoms with E-state index in [1.54, 1.807) is 36.5 Å². The first kappa shape index (κ1) is 19.4. The molecule has 29 heavy (non-hydrogen) atoms. The number of nitrogens with one attached hydrogen (secondary N) is 2. The standard InChI is InChI=1S/C20H17ClFN5OS/c1-11-3-8-16(29-11)15-9-17(25-24-15)23-20(28)18-12(2)26-27(19(18)21)10-13-4-6-14(22)7-5-13/h3-9H,10H2,1-2H3,(H2,23,24,25,28). The number of aromatic nitrogens is 4. The van der Waals surface area contributed by atoms with Crippen molar-refractivity contribution in [3.63, 3.8) is 0 Å². The van der Waals surface area contributed by atoms with Crippen LogP contribution in [0.1, 0.15) is 26.5 Å². The summed E-state index contributed by atoms with van der Waals surface area (Å²) in [7, 11) is 0. The van der Waals surface area contributed by atoms with Crippen LogP contribution in [0.3, 0.4) is 0 Å². The highest BCUT2D eigenvalue weighted by atomic mass is 35.5. The maximum Gasteiger partial charge on any atom is 0.261 e. The predicted octanol–water partition coefficient (Wildman–Crippen LogP) is 5.04. The summed E-state index contributed by atoms with van der Waals surface area (Å²) in [4.78, 5) is 15.0. The number of hydrogen-bond donors (Lipinski definition) is 2. The van der Waals surface area contributed by atoms with Crippen LogP contribution in [0.5, 0.6) is 0 Å². The maximum absolute atomic E-state index is 13.1. The average Bonchev–Trinajstić information content (AvgIpc) is 3.37. The molecule has 0 fully saturated rings. The topological polar surface area (TPSA) is 75.6 Å². The predicted molar refractivity (Wildman–Crippen MR) is 112 cm³/mol. The number of anilines is 1. The van der Waals surface area contributed by atoms with E-state index in [1.165, 1.54) is 21.7 Å². The fraction of sp³-hybridized carbons (Fsp3) is 0.150. The van der Waals surface area contributed by atoms with Gasteiger partial charge in [0.25, 0.3) is 5.91 Å². The lowest BCUT2D eigenvalue weighted by Gasteiger charge is -2.04. The van der Waals surface area contributed by atoms with Crippen LogP contribution in [-0.2, 0) is 6.54 Å². The number of hydrogen-bond acceptors (Lipinski definition) is 4. The Bertz CT molecular complexity index is 1180. The molecule has 2 N–H and O–H groups in total. The second kappa shape index (κ2) is 7.81. The largest absolute Gasteiger partial charge is 0.305 e. The quantitative estimate of drug-likeness (QED) is 0.466. The van der Waals surface area contributed by atoms with Gasteiger partial charge in [-0.3, -0.25) is 9.89 Å². The number of carbonyl (C=O) groups excluding carboxylic acids is 1. The summed E-state index contributed by atoms with van der Waals surface area (Å²) in [6.45, 7) is 4.07. The molecule has 0 saturated carbocycles. The van der Waals surface area contributed by atoms with Gasteiger partial charge >= 0.3 is 0 Å². The van der Waals surface area contributed by atoms with Crippen molar-refractivity contribution in [3.8, 4) is 10.6 Å². The van der Waals surface area contributed by atoms with Crippen LogP contribution in [0.25, 0.3) is 10.6 Å². The molecule has 3 heterocycles. The first-order valence-electron chi connectivity index (χ1n) is 8.81. The smallest absolute Gasteiger partial charge is 0.261 e. The monoisotopic (exact) mass is 429 g/mol. The van der Waals surface area contributed by atoms with Crippen molar-refractivity contribution in [1.29, 1.82) is 0 Å². The van der Waals surface area contributed by atoms with Gasteiger partial charge in [0, 0.05) is 10.9 Å². The number of carbonyl (C=O) groups is 1. The molecule has 1 amide bonds. The van der Waals surface area contributed by atoms with Crippen molar-refractivity contribution in [2.45, 2.75) is 20.4 Å². The van der Waals surface area contributed by atoms with Crippen molar-refractivity contribution < 1.29 is 9.18 Å². The fourth-order valence-electron chi connectivity index (χ4n) is 2.95. The molecule has 0 radical (unpaired) electrons. The van der Waals surface area contributed by atoms with E-state index in [0.717, 1.165) is 16.1 Å². The third-order valence-electron chi connectivity index (χ3n) is 4.36. The van der Waals surface area contributed by atoms with Gasteiger partial charge in [-0.1, -0.05) is 23.7 Å². The zero-order valence-electron chi connectivity index (χ0n) is 15.7. The summed E-state index contributed by atoms with van der Waals surface area (Å²) in [6, 6.07) is 11.8. The Kier molecular flexibility index (Phi) is 5.21. The van der Waals surface area contributed by atoms with Crippen molar-refractivity contribution in [3.05, 3.63) is 75.1 Å². The third kappa shape index (κ3) is 4.08. The number of benzene rings is 1. The molecule has 0 aliphatic heterocycles. The molecule has 0 saturated heterocycles. The molecule has 0 unspecified atom stereocenters. The summed E-state index contributed by atoms with van der Waals surface area (Å²) in [5.74, 6) is -0.302. The van der Waals surface area contributed by atoms with E-state index in [-0.39, 0.29) is 16.5 Å². The Morgan fingerprint density at radius 1 is 1.24 bits per heavy atom. The number of thiophene rings is 1. The SMILES string of the molecule is Cc1ccc(-c2cc(NC(=O)c3c(C)nn(Cc4ccc(F)cc4)c3Cl)n[nH]2)s1. The van der Waals surface area contributed by atoms with Gasteiger partial charge in [-0.15, -0.1) is 11.3 Å². The van der Waals surface area contributed by atoms with E-state index in [0.29, 0.717) is 18.1 Å². The van der Waals surface area contributed by atoms with Crippen LogP contribution in [0.2, 0.25) is 5.15 Å². The van der Waals surface area contributed by atoms with E-state index in [2.05, 4.69) is 20.6 Å². The Labute approximate surface area is 175 Å². The van der Waals surface area contributed by atoms with Crippen LogP contribution >= 0.6 is 22.9 Å². The van der Waals surface area contributed by atoms with Gasteiger partial charge in [-0.2, -0.15) is 10.2 Å². The van der Waals surface area contributed by atoms with E-state index < -0.39 is 5.91 Å². The highest BCUT2D eigenvalue weighted by Gasteiger charge is 2.21. The lowest BCUT2D eigenvalue weighted by molar-refractivity contribution is 0.102. The van der Waals surface area contributed by atoms with Crippen molar-refractivity contribution in [2.24, 2.45) is 0 Å². The molecule has 9 heteroatoms. The fourth-order valence-corrected chi connectivity index (χ4v) is 4.10. The summed E-state index contributed by atoms with van der Waals surface area (Å²) in [5, 5.41) is 14.4. The molecular formula is C20H17ClFN5OS. The second-order valence-electron chi connectivity index (χ2n) is 6.57. The highest BCUT2D eigenvalue weighted by molar-refractivity contribution is 7.15. The molecule has 0 bridgehead atoms. The minimum absolute atomic E-state index is 0.217. The van der Waals surface area contributed by atoms with Gasteiger partial charge in [0.05, 0.1) is 28.4 Å². The van der Waals surface area contributed by atoms with Crippen LogP contribution in [0, 0.1) is 19.7 Å². The molecule has 0 aliphatic carbocycles. The Morgan fingerprint density at radius 2 is 2.00 bits per heavy atom. The summed E-state index contributed by atoms with van der Waals surface area (Å²) in [6.07, 6.45) is 0. The molecule has 3 aromatic heterocycles. The molecule has 4 rings (SSSR count). The lowest BCUT2D eigenvalue weighted by Crippen LogP contribution is -2.13. The number of nitrogens with zero attached hydrogens (tertiary/aromatic N) is 3. The minimum Gasteiger partial charge on any atom is -0.305 e. The van der Waals surface area contributed by atoms with Crippen LogP contribution in [-0.4, -0.2) is 25.9 Å². The molecule has 6 nitrogen and oxygen atoms in total. The van der Waals surface area contributed by atoms with E-state index >= 15 is 0 Å². The van der Waals surface area contributed by atoms with Gasteiger partial charge in [-0.25, -0.2) is 9.07 Å². The number of rotatable bonds is 5. The number of aryl methyl sites for hydroxylation is 2. The van der Waals surface area contributed by atoms with Gasteiger partial charge in [0.15, 0.2) is 5.82 Å². The van der Waals surface area contributed by atoms with E-state index in [9.17, 15) is 9.18 Å². The van der Waals surface area contributed by atoms with Crippen molar-refractivity contribution >= 4 is 34.7 Å². The van der Waals surface area contributed by atoms with Gasteiger partial charge in [0.1, 0.15) is 11.0 Å². The number of H-pyrrole nitrogens is 1. The Morgan fingerprint density at radius 3 is 2.69 bits per heavy atom. The van der Waals surface area contributed by atoms with Gasteiger partial charge < -0.3 is 5.32 Å². The molecule has 0 aliphatic rings.